The summed E-state index contributed by atoms with van der Waals surface area (Å²) in [6, 6.07) is 11.7. The Kier molecular flexibility index (Phi) is 6.49. The number of fused-ring (bicyclic) bond motifs is 2. The predicted molar refractivity (Wildman–Crippen MR) is 139 cm³/mol. The Morgan fingerprint density at radius 1 is 1.03 bits per heavy atom. The summed E-state index contributed by atoms with van der Waals surface area (Å²) in [4.78, 5) is 29.7. The summed E-state index contributed by atoms with van der Waals surface area (Å²) < 4.78 is 7.14. The Labute approximate surface area is 204 Å². The quantitative estimate of drug-likeness (QED) is 0.278. The van der Waals surface area contributed by atoms with Crippen molar-refractivity contribution in [1.29, 1.82) is 0 Å². The molecule has 1 aliphatic heterocycles. The SMILES string of the molecule is COC(=O)c1ccc2[nH]cc(CCCCn3ccc4c(N5CCCCC5)c(C(N)=O)ccc43)c2c1. The normalized spacial score (nSPS) is 14.0. The lowest BCUT2D eigenvalue weighted by Crippen LogP contribution is -2.31. The first-order valence-corrected chi connectivity index (χ1v) is 12.4. The largest absolute Gasteiger partial charge is 0.465 e. The van der Waals surface area contributed by atoms with Crippen molar-refractivity contribution in [1.82, 2.24) is 9.55 Å². The Bertz CT molecular complexity index is 1380. The standard InChI is InChI=1S/C28H32N4O3/c1-35-28(34)19-8-10-24-23(17-19)20(18-30-24)7-3-6-13-31-16-12-21-25(31)11-9-22(27(29)33)26(21)32-14-4-2-5-15-32/h8-12,16-18,30H,2-7,13-15H2,1H3,(H2,29,33). The number of esters is 1. The van der Waals surface area contributed by atoms with E-state index in [0.717, 1.165) is 79.2 Å². The number of ether oxygens (including phenoxy) is 1. The summed E-state index contributed by atoms with van der Waals surface area (Å²) in [5.74, 6) is -0.684. The van der Waals surface area contributed by atoms with Crippen molar-refractivity contribution < 1.29 is 14.3 Å². The number of anilines is 1. The summed E-state index contributed by atoms with van der Waals surface area (Å²) in [5, 5.41) is 2.18. The van der Waals surface area contributed by atoms with Gasteiger partial charge in [0.2, 0.25) is 0 Å². The number of hydrogen-bond acceptors (Lipinski definition) is 4. The molecule has 0 atom stereocenters. The van der Waals surface area contributed by atoms with Crippen molar-refractivity contribution in [3.63, 3.8) is 0 Å². The Morgan fingerprint density at radius 3 is 2.63 bits per heavy atom. The first-order chi connectivity index (χ1) is 17.1. The van der Waals surface area contributed by atoms with Crippen LogP contribution in [0.2, 0.25) is 0 Å². The molecule has 3 N–H and O–H groups in total. The van der Waals surface area contributed by atoms with Crippen LogP contribution in [0.15, 0.2) is 48.8 Å². The minimum atomic E-state index is -0.366. The van der Waals surface area contributed by atoms with Crippen molar-refractivity contribution in [3.8, 4) is 0 Å². The molecule has 1 amide bonds. The number of nitrogens with two attached hydrogens (primary N) is 1. The summed E-state index contributed by atoms with van der Waals surface area (Å²) in [7, 11) is 1.40. The van der Waals surface area contributed by atoms with Gasteiger partial charge in [0, 0.05) is 48.3 Å². The number of primary amides is 1. The maximum atomic E-state index is 12.2. The molecule has 0 radical (unpaired) electrons. The number of piperidine rings is 1. The van der Waals surface area contributed by atoms with Crippen molar-refractivity contribution in [3.05, 3.63) is 65.5 Å². The van der Waals surface area contributed by atoms with Crippen molar-refractivity contribution in [2.75, 3.05) is 25.1 Å². The van der Waals surface area contributed by atoms with Gasteiger partial charge in [-0.3, -0.25) is 4.79 Å². The average Bonchev–Trinajstić information content (AvgIpc) is 3.49. The van der Waals surface area contributed by atoms with Crippen LogP contribution in [-0.2, 0) is 17.7 Å². The summed E-state index contributed by atoms with van der Waals surface area (Å²) in [5.41, 5.74) is 11.3. The van der Waals surface area contributed by atoms with Gasteiger partial charge >= 0.3 is 5.97 Å². The Morgan fingerprint density at radius 2 is 1.86 bits per heavy atom. The highest BCUT2D eigenvalue weighted by atomic mass is 16.5. The number of benzene rings is 2. The van der Waals surface area contributed by atoms with Gasteiger partial charge in [0.15, 0.2) is 0 Å². The van der Waals surface area contributed by atoms with Crippen LogP contribution in [0.1, 0.15) is 58.4 Å². The molecular formula is C28H32N4O3. The van der Waals surface area contributed by atoms with Crippen molar-refractivity contribution in [2.24, 2.45) is 5.73 Å². The van der Waals surface area contributed by atoms with Crippen LogP contribution in [0, 0.1) is 0 Å². The highest BCUT2D eigenvalue weighted by molar-refractivity contribution is 6.07. The second-order valence-electron chi connectivity index (χ2n) is 9.34. The zero-order chi connectivity index (χ0) is 24.4. The molecule has 2 aromatic heterocycles. The van der Waals surface area contributed by atoms with E-state index in [9.17, 15) is 9.59 Å². The van der Waals surface area contributed by atoms with E-state index >= 15 is 0 Å². The van der Waals surface area contributed by atoms with E-state index in [4.69, 9.17) is 10.5 Å². The number of H-pyrrole nitrogens is 1. The lowest BCUT2D eigenvalue weighted by Gasteiger charge is -2.30. The van der Waals surface area contributed by atoms with Crippen LogP contribution in [-0.4, -0.2) is 41.6 Å². The fourth-order valence-corrected chi connectivity index (χ4v) is 5.34. The van der Waals surface area contributed by atoms with Gasteiger partial charge in [0.25, 0.3) is 5.91 Å². The maximum absolute atomic E-state index is 12.2. The number of amides is 1. The molecule has 1 saturated heterocycles. The molecular weight excluding hydrogens is 440 g/mol. The van der Waals surface area contributed by atoms with Gasteiger partial charge in [-0.25, -0.2) is 4.79 Å². The van der Waals surface area contributed by atoms with Crippen molar-refractivity contribution >= 4 is 39.4 Å². The monoisotopic (exact) mass is 472 g/mol. The smallest absolute Gasteiger partial charge is 0.337 e. The van der Waals surface area contributed by atoms with E-state index < -0.39 is 0 Å². The number of nitrogens with zero attached hydrogens (tertiary/aromatic N) is 2. The number of rotatable bonds is 8. The molecule has 4 aromatic rings. The van der Waals surface area contributed by atoms with Crippen LogP contribution in [0.4, 0.5) is 5.69 Å². The molecule has 35 heavy (non-hydrogen) atoms. The number of carbonyl (C=O) groups is 2. The van der Waals surface area contributed by atoms with Crippen LogP contribution >= 0.6 is 0 Å². The second kappa shape index (κ2) is 9.86. The highest BCUT2D eigenvalue weighted by Crippen LogP contribution is 2.34. The first kappa shape index (κ1) is 23.0. The lowest BCUT2D eigenvalue weighted by atomic mass is 10.0. The molecule has 0 spiro atoms. The van der Waals surface area contributed by atoms with Crippen LogP contribution < -0.4 is 10.6 Å². The maximum Gasteiger partial charge on any atom is 0.337 e. The third kappa shape index (κ3) is 4.50. The van der Waals surface area contributed by atoms with Gasteiger partial charge in [-0.2, -0.15) is 0 Å². The summed E-state index contributed by atoms with van der Waals surface area (Å²) in [6.45, 7) is 2.83. The minimum Gasteiger partial charge on any atom is -0.465 e. The van der Waals surface area contributed by atoms with Crippen LogP contribution in [0.5, 0.6) is 0 Å². The zero-order valence-corrected chi connectivity index (χ0v) is 20.2. The number of aromatic amines is 1. The van der Waals surface area contributed by atoms with E-state index in [0.29, 0.717) is 11.1 Å². The minimum absolute atomic E-state index is 0.318. The number of carbonyl (C=O) groups excluding carboxylic acids is 2. The van der Waals surface area contributed by atoms with E-state index in [-0.39, 0.29) is 11.9 Å². The predicted octanol–water partition coefficient (Wildman–Crippen LogP) is 5.02. The Balaban J connectivity index is 1.30. The van der Waals surface area contributed by atoms with Crippen LogP contribution in [0.25, 0.3) is 21.8 Å². The van der Waals surface area contributed by atoms with Gasteiger partial charge < -0.3 is 24.9 Å². The van der Waals surface area contributed by atoms with Gasteiger partial charge in [-0.1, -0.05) is 0 Å². The lowest BCUT2D eigenvalue weighted by molar-refractivity contribution is 0.0600. The summed E-state index contributed by atoms with van der Waals surface area (Å²) in [6.07, 6.45) is 10.6. The molecule has 2 aromatic carbocycles. The second-order valence-corrected chi connectivity index (χ2v) is 9.34. The number of methoxy groups -OCH3 is 1. The number of hydrogen-bond donors (Lipinski definition) is 2. The van der Waals surface area contributed by atoms with Gasteiger partial charge in [0.05, 0.1) is 29.4 Å². The van der Waals surface area contributed by atoms with Crippen LogP contribution in [0.3, 0.4) is 0 Å². The van der Waals surface area contributed by atoms with Gasteiger partial charge in [-0.15, -0.1) is 0 Å². The number of aryl methyl sites for hydroxylation is 2. The molecule has 0 saturated carbocycles. The van der Waals surface area contributed by atoms with E-state index in [2.05, 4.69) is 26.7 Å². The van der Waals surface area contributed by atoms with Gasteiger partial charge in [-0.05, 0) is 80.5 Å². The van der Waals surface area contributed by atoms with E-state index in [1.165, 1.54) is 19.1 Å². The highest BCUT2D eigenvalue weighted by Gasteiger charge is 2.21. The fraction of sp³-hybridized carbons (Fsp3) is 0.357. The first-order valence-electron chi connectivity index (χ1n) is 12.4. The topological polar surface area (TPSA) is 93.3 Å². The fourth-order valence-electron chi connectivity index (χ4n) is 5.34. The molecule has 7 heteroatoms. The van der Waals surface area contributed by atoms with E-state index in [1.807, 2.05) is 30.5 Å². The molecule has 0 unspecified atom stereocenters. The Hall–Kier alpha value is -3.74. The van der Waals surface area contributed by atoms with Gasteiger partial charge in [0.1, 0.15) is 0 Å². The van der Waals surface area contributed by atoms with E-state index in [1.54, 1.807) is 6.07 Å². The number of unbranched alkanes of at least 4 members (excludes halogenated alkanes) is 1. The molecule has 7 nitrogen and oxygen atoms in total. The molecule has 1 fully saturated rings. The van der Waals surface area contributed by atoms with Crippen molar-refractivity contribution in [2.45, 2.75) is 45.1 Å². The molecule has 0 aliphatic carbocycles. The molecule has 1 aliphatic rings. The third-order valence-electron chi connectivity index (χ3n) is 7.15. The average molecular weight is 473 g/mol. The number of aromatic nitrogens is 2. The zero-order valence-electron chi connectivity index (χ0n) is 20.2. The number of nitrogens with one attached hydrogen (secondary N) is 1. The molecule has 182 valence electrons. The molecule has 5 rings (SSSR count). The molecule has 0 bridgehead atoms. The third-order valence-corrected chi connectivity index (χ3v) is 7.15. The molecule has 3 heterocycles. The summed E-state index contributed by atoms with van der Waals surface area (Å²) >= 11 is 0.